The van der Waals surface area contributed by atoms with Crippen LogP contribution in [-0.4, -0.2) is 52.9 Å². The Morgan fingerprint density at radius 2 is 1.97 bits per heavy atom. The van der Waals surface area contributed by atoms with Gasteiger partial charge in [-0.05, 0) is 49.1 Å². The van der Waals surface area contributed by atoms with Crippen molar-refractivity contribution in [2.24, 2.45) is 11.1 Å². The number of aryl methyl sites for hydroxylation is 1. The lowest BCUT2D eigenvalue weighted by Crippen LogP contribution is -2.53. The zero-order valence-corrected chi connectivity index (χ0v) is 19.4. The van der Waals surface area contributed by atoms with Crippen molar-refractivity contribution in [2.75, 3.05) is 31.5 Å². The summed E-state index contributed by atoms with van der Waals surface area (Å²) in [5.74, 6) is 0.455. The Hall–Kier alpha value is -3.10. The van der Waals surface area contributed by atoms with Crippen molar-refractivity contribution in [1.82, 2.24) is 20.2 Å². The van der Waals surface area contributed by atoms with Crippen LogP contribution in [0.2, 0.25) is 5.02 Å². The summed E-state index contributed by atoms with van der Waals surface area (Å²) >= 11 is 6.26. The molecule has 0 radical (unpaired) electrons. The van der Waals surface area contributed by atoms with Gasteiger partial charge in [0.05, 0.1) is 23.0 Å². The quantitative estimate of drug-likeness (QED) is 0.425. The van der Waals surface area contributed by atoms with Crippen LogP contribution in [0.25, 0.3) is 11.0 Å². The number of imidazole rings is 1. The van der Waals surface area contributed by atoms with E-state index in [9.17, 15) is 9.59 Å². The summed E-state index contributed by atoms with van der Waals surface area (Å²) in [6.07, 6.45) is 1.05. The molecule has 0 atom stereocenters. The summed E-state index contributed by atoms with van der Waals surface area (Å²) < 4.78 is 0. The highest BCUT2D eigenvalue weighted by Gasteiger charge is 2.42. The Morgan fingerprint density at radius 3 is 2.70 bits per heavy atom. The minimum Gasteiger partial charge on any atom is -0.355 e. The molecule has 2 aromatic carbocycles. The monoisotopic (exact) mass is 468 g/mol. The first-order chi connectivity index (χ1) is 15.9. The van der Waals surface area contributed by atoms with Crippen molar-refractivity contribution >= 4 is 40.4 Å². The van der Waals surface area contributed by atoms with Crippen molar-refractivity contribution in [3.63, 3.8) is 0 Å². The van der Waals surface area contributed by atoms with Gasteiger partial charge in [-0.1, -0.05) is 35.9 Å². The number of nitrogens with zero attached hydrogens (tertiary/aromatic N) is 2. The number of likely N-dealkylation sites (tertiary alicyclic amines) is 1. The number of aromatic nitrogens is 2. The van der Waals surface area contributed by atoms with Crippen LogP contribution in [0, 0.1) is 12.3 Å². The van der Waals surface area contributed by atoms with Crippen LogP contribution in [0.1, 0.15) is 24.0 Å². The molecule has 2 amide bonds. The first-order valence-electron chi connectivity index (χ1n) is 11.1. The van der Waals surface area contributed by atoms with Crippen LogP contribution in [0.15, 0.2) is 42.5 Å². The Labute approximate surface area is 197 Å². The average molecular weight is 469 g/mol. The van der Waals surface area contributed by atoms with Crippen LogP contribution in [0.5, 0.6) is 0 Å². The molecule has 3 aromatic rings. The SMILES string of the molecule is Cc1ccc2nc(NCC3(C(=O)NCc4ccccc4Cl)CCN(C(=O)CN)CC3)[nH]c2c1. The summed E-state index contributed by atoms with van der Waals surface area (Å²) in [6, 6.07) is 13.5. The summed E-state index contributed by atoms with van der Waals surface area (Å²) in [4.78, 5) is 35.1. The van der Waals surface area contributed by atoms with Gasteiger partial charge in [0, 0.05) is 31.2 Å². The first-order valence-corrected chi connectivity index (χ1v) is 11.5. The number of aromatic amines is 1. The van der Waals surface area contributed by atoms with E-state index < -0.39 is 5.41 Å². The van der Waals surface area contributed by atoms with E-state index in [1.165, 1.54) is 0 Å². The van der Waals surface area contributed by atoms with E-state index in [-0.39, 0.29) is 18.4 Å². The molecule has 33 heavy (non-hydrogen) atoms. The number of halogens is 1. The van der Waals surface area contributed by atoms with Crippen LogP contribution >= 0.6 is 11.6 Å². The van der Waals surface area contributed by atoms with Crippen LogP contribution in [0.3, 0.4) is 0 Å². The van der Waals surface area contributed by atoms with Gasteiger partial charge in [0.25, 0.3) is 0 Å². The maximum atomic E-state index is 13.4. The Kier molecular flexibility index (Phi) is 6.85. The first kappa shape index (κ1) is 23.1. The van der Waals surface area contributed by atoms with Crippen LogP contribution in [-0.2, 0) is 16.1 Å². The average Bonchev–Trinajstić information content (AvgIpc) is 3.24. The molecule has 9 heteroatoms. The molecule has 1 aliphatic rings. The maximum Gasteiger partial charge on any atom is 0.236 e. The molecule has 2 heterocycles. The van der Waals surface area contributed by atoms with Gasteiger partial charge in [0.2, 0.25) is 17.8 Å². The second-order valence-electron chi connectivity index (χ2n) is 8.60. The standard InChI is InChI=1S/C24H29ClN6O2/c1-16-6-7-19-20(12-16)30-23(29-19)28-15-24(8-10-31(11-9-24)21(32)13-26)22(33)27-14-17-4-2-3-5-18(17)25/h2-7,12H,8-11,13-15,26H2,1H3,(H,27,33)(H2,28,29,30). The van der Waals surface area contributed by atoms with E-state index in [0.29, 0.717) is 50.0 Å². The number of fused-ring (bicyclic) bond motifs is 1. The van der Waals surface area contributed by atoms with E-state index in [1.807, 2.05) is 43.3 Å². The molecule has 5 N–H and O–H groups in total. The maximum absolute atomic E-state index is 13.4. The van der Waals surface area contributed by atoms with Crippen molar-refractivity contribution in [3.8, 4) is 0 Å². The molecule has 0 aliphatic carbocycles. The van der Waals surface area contributed by atoms with Crippen molar-refractivity contribution in [2.45, 2.75) is 26.3 Å². The molecular weight excluding hydrogens is 440 g/mol. The lowest BCUT2D eigenvalue weighted by Gasteiger charge is -2.40. The fourth-order valence-corrected chi connectivity index (χ4v) is 4.46. The largest absolute Gasteiger partial charge is 0.355 e. The molecule has 1 aliphatic heterocycles. The second-order valence-corrected chi connectivity index (χ2v) is 9.01. The van der Waals surface area contributed by atoms with Gasteiger partial charge in [-0.2, -0.15) is 0 Å². The second kappa shape index (κ2) is 9.80. The minimum absolute atomic E-state index is 0.0254. The van der Waals surface area contributed by atoms with Crippen molar-refractivity contribution < 1.29 is 9.59 Å². The molecule has 0 bridgehead atoms. The number of rotatable bonds is 7. The lowest BCUT2D eigenvalue weighted by molar-refractivity contribution is -0.139. The molecule has 0 saturated carbocycles. The highest BCUT2D eigenvalue weighted by atomic mass is 35.5. The summed E-state index contributed by atoms with van der Waals surface area (Å²) in [7, 11) is 0. The predicted octanol–water partition coefficient (Wildman–Crippen LogP) is 2.82. The molecule has 4 rings (SSSR count). The topological polar surface area (TPSA) is 116 Å². The van der Waals surface area contributed by atoms with Gasteiger partial charge in [-0.3, -0.25) is 9.59 Å². The molecule has 8 nitrogen and oxygen atoms in total. The van der Waals surface area contributed by atoms with Crippen molar-refractivity contribution in [3.05, 3.63) is 58.6 Å². The van der Waals surface area contributed by atoms with E-state index in [2.05, 4.69) is 20.6 Å². The fourth-order valence-electron chi connectivity index (χ4n) is 4.26. The Morgan fingerprint density at radius 1 is 1.21 bits per heavy atom. The van der Waals surface area contributed by atoms with E-state index in [1.54, 1.807) is 11.0 Å². The minimum atomic E-state index is -0.693. The number of H-pyrrole nitrogens is 1. The smallest absolute Gasteiger partial charge is 0.236 e. The number of nitrogens with two attached hydrogens (primary N) is 1. The van der Waals surface area contributed by atoms with E-state index in [0.717, 1.165) is 22.2 Å². The molecule has 0 spiro atoms. The summed E-state index contributed by atoms with van der Waals surface area (Å²) in [6.45, 7) is 3.71. The number of piperidine rings is 1. The Balaban J connectivity index is 1.50. The molecule has 174 valence electrons. The van der Waals surface area contributed by atoms with Crippen LogP contribution in [0.4, 0.5) is 5.95 Å². The van der Waals surface area contributed by atoms with Gasteiger partial charge in [0.15, 0.2) is 0 Å². The molecule has 0 unspecified atom stereocenters. The van der Waals surface area contributed by atoms with Gasteiger partial charge < -0.3 is 26.3 Å². The van der Waals surface area contributed by atoms with E-state index in [4.69, 9.17) is 17.3 Å². The third-order valence-electron chi connectivity index (χ3n) is 6.36. The highest BCUT2D eigenvalue weighted by Crippen LogP contribution is 2.33. The highest BCUT2D eigenvalue weighted by molar-refractivity contribution is 6.31. The Bertz CT molecular complexity index is 1150. The summed E-state index contributed by atoms with van der Waals surface area (Å²) in [5, 5.41) is 7.00. The predicted molar refractivity (Wildman–Crippen MR) is 130 cm³/mol. The number of hydrogen-bond donors (Lipinski definition) is 4. The van der Waals surface area contributed by atoms with Gasteiger partial charge in [-0.15, -0.1) is 0 Å². The summed E-state index contributed by atoms with van der Waals surface area (Å²) in [5.41, 5.74) is 8.65. The zero-order chi connectivity index (χ0) is 23.4. The number of amides is 2. The van der Waals surface area contributed by atoms with Crippen LogP contribution < -0.4 is 16.4 Å². The number of benzene rings is 2. The molecule has 1 aromatic heterocycles. The molecule has 1 fully saturated rings. The number of carbonyl (C=O) groups is 2. The normalized spacial score (nSPS) is 15.4. The lowest BCUT2D eigenvalue weighted by atomic mass is 9.77. The number of anilines is 1. The molecular formula is C24H29ClN6O2. The number of hydrogen-bond acceptors (Lipinski definition) is 5. The fraction of sp³-hybridized carbons (Fsp3) is 0.375. The van der Waals surface area contributed by atoms with Gasteiger partial charge in [-0.25, -0.2) is 4.98 Å². The van der Waals surface area contributed by atoms with E-state index >= 15 is 0 Å². The zero-order valence-electron chi connectivity index (χ0n) is 18.7. The number of nitrogens with one attached hydrogen (secondary N) is 3. The van der Waals surface area contributed by atoms with Gasteiger partial charge in [0.1, 0.15) is 0 Å². The molecule has 1 saturated heterocycles. The third kappa shape index (κ3) is 5.12. The van der Waals surface area contributed by atoms with Crippen molar-refractivity contribution in [1.29, 1.82) is 0 Å². The number of carbonyl (C=O) groups excluding carboxylic acids is 2. The third-order valence-corrected chi connectivity index (χ3v) is 6.73. The van der Waals surface area contributed by atoms with Gasteiger partial charge >= 0.3 is 0 Å².